The molecule has 0 aromatic carbocycles. The van der Waals surface area contributed by atoms with Crippen molar-refractivity contribution in [2.24, 2.45) is 5.92 Å². The Labute approximate surface area is 110 Å². The average Bonchev–Trinajstić information content (AvgIpc) is 2.71. The summed E-state index contributed by atoms with van der Waals surface area (Å²) in [6.07, 6.45) is 7.24. The molecule has 4 nitrogen and oxygen atoms in total. The lowest BCUT2D eigenvalue weighted by molar-refractivity contribution is 0.275. The second-order valence-corrected chi connectivity index (χ2v) is 5.38. The minimum Gasteiger partial charge on any atom is -0.390 e. The molecule has 1 heterocycles. The lowest BCUT2D eigenvalue weighted by atomic mass is 10.1. The first-order chi connectivity index (χ1) is 8.69. The van der Waals surface area contributed by atoms with Crippen molar-refractivity contribution in [3.05, 3.63) is 11.4 Å². The van der Waals surface area contributed by atoms with Gasteiger partial charge in [-0.1, -0.05) is 51.7 Å². The monoisotopic (exact) mass is 253 g/mol. The van der Waals surface area contributed by atoms with E-state index < -0.39 is 0 Å². The van der Waals surface area contributed by atoms with Gasteiger partial charge in [0.15, 0.2) is 0 Å². The molecule has 0 aliphatic heterocycles. The van der Waals surface area contributed by atoms with Gasteiger partial charge in [0.1, 0.15) is 5.69 Å². The molecule has 0 spiro atoms. The number of nitrogens with zero attached hydrogens (tertiary/aromatic N) is 3. The third-order valence-electron chi connectivity index (χ3n) is 3.14. The van der Waals surface area contributed by atoms with E-state index in [4.69, 9.17) is 0 Å². The zero-order chi connectivity index (χ0) is 13.4. The van der Waals surface area contributed by atoms with E-state index in [2.05, 4.69) is 31.1 Å². The first kappa shape index (κ1) is 15.2. The molecule has 0 amide bonds. The van der Waals surface area contributed by atoms with Gasteiger partial charge in [0, 0.05) is 6.54 Å². The van der Waals surface area contributed by atoms with Crippen molar-refractivity contribution in [2.75, 3.05) is 0 Å². The minimum absolute atomic E-state index is 0.00210. The fraction of sp³-hybridized carbons (Fsp3) is 0.857. The van der Waals surface area contributed by atoms with Gasteiger partial charge < -0.3 is 5.11 Å². The first-order valence-electron chi connectivity index (χ1n) is 7.21. The van der Waals surface area contributed by atoms with Crippen LogP contribution in [0.5, 0.6) is 0 Å². The Morgan fingerprint density at radius 2 is 1.89 bits per heavy atom. The van der Waals surface area contributed by atoms with Crippen LogP contribution in [0.15, 0.2) is 0 Å². The zero-order valence-corrected chi connectivity index (χ0v) is 12.0. The van der Waals surface area contributed by atoms with Gasteiger partial charge in [0.2, 0.25) is 0 Å². The molecule has 104 valence electrons. The lowest BCUT2D eigenvalue weighted by Gasteiger charge is -2.09. The van der Waals surface area contributed by atoms with Crippen molar-refractivity contribution in [3.8, 4) is 0 Å². The molecule has 1 aromatic heterocycles. The van der Waals surface area contributed by atoms with E-state index in [-0.39, 0.29) is 6.61 Å². The van der Waals surface area contributed by atoms with Gasteiger partial charge >= 0.3 is 0 Å². The van der Waals surface area contributed by atoms with Crippen molar-refractivity contribution < 1.29 is 5.11 Å². The summed E-state index contributed by atoms with van der Waals surface area (Å²) in [6, 6.07) is 0. The number of aromatic nitrogens is 3. The third kappa shape index (κ3) is 4.77. The maximum atomic E-state index is 9.27. The molecule has 0 saturated heterocycles. The summed E-state index contributed by atoms with van der Waals surface area (Å²) in [4.78, 5) is 0. The summed E-state index contributed by atoms with van der Waals surface area (Å²) in [6.45, 7) is 7.52. The molecule has 0 bridgehead atoms. The molecule has 0 fully saturated rings. The van der Waals surface area contributed by atoms with Gasteiger partial charge in [-0.2, -0.15) is 0 Å². The number of hydrogen-bond donors (Lipinski definition) is 1. The molecule has 4 heteroatoms. The maximum Gasteiger partial charge on any atom is 0.111 e. The highest BCUT2D eigenvalue weighted by atomic mass is 16.3. The molecular formula is C14H27N3O. The minimum atomic E-state index is -0.00210. The molecule has 0 saturated carbocycles. The van der Waals surface area contributed by atoms with Gasteiger partial charge in [-0.3, -0.25) is 0 Å². The van der Waals surface area contributed by atoms with Crippen LogP contribution in [-0.4, -0.2) is 20.1 Å². The summed E-state index contributed by atoms with van der Waals surface area (Å²) in [5.41, 5.74) is 1.86. The molecule has 0 unspecified atom stereocenters. The van der Waals surface area contributed by atoms with E-state index in [1.54, 1.807) is 0 Å². The van der Waals surface area contributed by atoms with Crippen LogP contribution in [0.1, 0.15) is 64.3 Å². The van der Waals surface area contributed by atoms with Gasteiger partial charge in [-0.15, -0.1) is 5.10 Å². The van der Waals surface area contributed by atoms with Crippen LogP contribution in [-0.2, 0) is 19.6 Å². The molecule has 0 atom stereocenters. The van der Waals surface area contributed by atoms with E-state index in [0.29, 0.717) is 5.92 Å². The van der Waals surface area contributed by atoms with Crippen LogP contribution >= 0.6 is 0 Å². The Morgan fingerprint density at radius 1 is 1.17 bits per heavy atom. The highest BCUT2D eigenvalue weighted by Gasteiger charge is 2.13. The second-order valence-electron chi connectivity index (χ2n) is 5.38. The average molecular weight is 253 g/mol. The van der Waals surface area contributed by atoms with Crippen LogP contribution in [0.25, 0.3) is 0 Å². The molecule has 0 aliphatic rings. The van der Waals surface area contributed by atoms with Crippen molar-refractivity contribution in [2.45, 2.75) is 72.4 Å². The number of hydrogen-bond acceptors (Lipinski definition) is 3. The Morgan fingerprint density at radius 3 is 2.50 bits per heavy atom. The zero-order valence-electron chi connectivity index (χ0n) is 12.0. The first-order valence-corrected chi connectivity index (χ1v) is 7.21. The standard InChI is InChI=1S/C14H27N3O/c1-4-5-6-7-8-9-17-14(10-12(2)3)13(11-18)15-16-17/h12,18H,4-11H2,1-3H3. The summed E-state index contributed by atoms with van der Waals surface area (Å²) in [7, 11) is 0. The van der Waals surface area contributed by atoms with Crippen molar-refractivity contribution in [1.82, 2.24) is 15.0 Å². The van der Waals surface area contributed by atoms with E-state index >= 15 is 0 Å². The molecule has 18 heavy (non-hydrogen) atoms. The number of aliphatic hydroxyl groups is 1. The molecule has 1 rings (SSSR count). The quantitative estimate of drug-likeness (QED) is 0.688. The van der Waals surface area contributed by atoms with Crippen molar-refractivity contribution in [3.63, 3.8) is 0 Å². The predicted molar refractivity (Wildman–Crippen MR) is 73.2 cm³/mol. The van der Waals surface area contributed by atoms with Crippen LogP contribution in [0.4, 0.5) is 0 Å². The molecule has 1 aromatic rings. The van der Waals surface area contributed by atoms with E-state index in [9.17, 15) is 5.11 Å². The molecule has 0 radical (unpaired) electrons. The fourth-order valence-corrected chi connectivity index (χ4v) is 2.15. The maximum absolute atomic E-state index is 9.27. The van der Waals surface area contributed by atoms with E-state index in [1.807, 2.05) is 4.68 Å². The van der Waals surface area contributed by atoms with Crippen molar-refractivity contribution in [1.29, 1.82) is 0 Å². The van der Waals surface area contributed by atoms with E-state index in [1.165, 1.54) is 25.7 Å². The summed E-state index contributed by atoms with van der Waals surface area (Å²) in [5.74, 6) is 0.563. The topological polar surface area (TPSA) is 50.9 Å². The highest BCUT2D eigenvalue weighted by molar-refractivity contribution is 5.09. The normalized spacial score (nSPS) is 11.4. The van der Waals surface area contributed by atoms with E-state index in [0.717, 1.165) is 30.8 Å². The molecule has 1 N–H and O–H groups in total. The highest BCUT2D eigenvalue weighted by Crippen LogP contribution is 2.13. The van der Waals surface area contributed by atoms with Gasteiger partial charge in [0.05, 0.1) is 12.3 Å². The Balaban J connectivity index is 2.50. The van der Waals surface area contributed by atoms with Crippen LogP contribution in [0.2, 0.25) is 0 Å². The summed E-state index contributed by atoms with van der Waals surface area (Å²) in [5, 5.41) is 17.5. The Kier molecular flexibility index (Phi) is 6.94. The summed E-state index contributed by atoms with van der Waals surface area (Å²) < 4.78 is 1.98. The Hall–Kier alpha value is -0.900. The number of unbranched alkanes of at least 4 members (excludes halogenated alkanes) is 4. The molecular weight excluding hydrogens is 226 g/mol. The predicted octanol–water partition coefficient (Wildman–Crippen LogP) is 2.94. The number of aryl methyl sites for hydroxylation is 1. The SMILES string of the molecule is CCCCCCCn1nnc(CO)c1CC(C)C. The van der Waals surface area contributed by atoms with Crippen LogP contribution in [0.3, 0.4) is 0 Å². The lowest BCUT2D eigenvalue weighted by Crippen LogP contribution is -2.09. The largest absolute Gasteiger partial charge is 0.390 e. The Bertz CT molecular complexity index is 334. The summed E-state index contributed by atoms with van der Waals surface area (Å²) >= 11 is 0. The number of rotatable bonds is 9. The van der Waals surface area contributed by atoms with Gasteiger partial charge in [-0.25, -0.2) is 4.68 Å². The fourth-order valence-electron chi connectivity index (χ4n) is 2.15. The van der Waals surface area contributed by atoms with Gasteiger partial charge in [-0.05, 0) is 18.8 Å². The third-order valence-corrected chi connectivity index (χ3v) is 3.14. The smallest absolute Gasteiger partial charge is 0.111 e. The van der Waals surface area contributed by atoms with Crippen LogP contribution in [0, 0.1) is 5.92 Å². The second kappa shape index (κ2) is 8.25. The van der Waals surface area contributed by atoms with Crippen molar-refractivity contribution >= 4 is 0 Å². The van der Waals surface area contributed by atoms with Gasteiger partial charge in [0.25, 0.3) is 0 Å². The molecule has 0 aliphatic carbocycles. The van der Waals surface area contributed by atoms with Crippen LogP contribution < -0.4 is 0 Å². The number of aliphatic hydroxyl groups excluding tert-OH is 1.